The first-order valence-corrected chi connectivity index (χ1v) is 4.44. The number of nitrogens with two attached hydrogens (primary N) is 1. The summed E-state index contributed by atoms with van der Waals surface area (Å²) in [5, 5.41) is 3.94. The molecule has 2 rings (SSSR count). The van der Waals surface area contributed by atoms with Crippen molar-refractivity contribution in [1.29, 1.82) is 0 Å². The van der Waals surface area contributed by atoms with Crippen molar-refractivity contribution >= 4 is 11.6 Å². The molecule has 0 amide bonds. The Hall–Kier alpha value is -2.05. The van der Waals surface area contributed by atoms with Crippen LogP contribution in [-0.2, 0) is 0 Å². The Labute approximate surface area is 85.8 Å². The summed E-state index contributed by atoms with van der Waals surface area (Å²) in [5.41, 5.74) is 6.00. The third kappa shape index (κ3) is 1.51. The molecule has 2 heterocycles. The molecule has 0 saturated heterocycles. The van der Waals surface area contributed by atoms with Crippen LogP contribution in [0.1, 0.15) is 6.92 Å². The molecule has 0 aromatic carbocycles. The van der Waals surface area contributed by atoms with Gasteiger partial charge in [-0.15, -0.1) is 5.10 Å². The highest BCUT2D eigenvalue weighted by Crippen LogP contribution is 2.21. The number of nitrogens with zero attached hydrogens (tertiary/aromatic N) is 4. The average Bonchev–Trinajstić information content (AvgIpc) is 2.61. The topological polar surface area (TPSA) is 87.6 Å². The highest BCUT2D eigenvalue weighted by molar-refractivity contribution is 5.55. The Morgan fingerprint density at radius 1 is 1.53 bits per heavy atom. The minimum absolute atomic E-state index is 0.155. The van der Waals surface area contributed by atoms with E-state index in [2.05, 4.69) is 15.1 Å². The highest BCUT2D eigenvalue weighted by Gasteiger charge is 2.12. The first kappa shape index (κ1) is 9.50. The van der Waals surface area contributed by atoms with Crippen LogP contribution in [0.5, 0.6) is 11.8 Å². The molecule has 0 spiro atoms. The monoisotopic (exact) mass is 209 g/mol. The maximum atomic E-state index is 5.50. The van der Waals surface area contributed by atoms with Gasteiger partial charge in [0.25, 0.3) is 0 Å². The fraction of sp³-hybridized carbons (Fsp3) is 0.375. The number of hydrogen-bond acceptors (Lipinski definition) is 6. The second kappa shape index (κ2) is 3.60. The van der Waals surface area contributed by atoms with Crippen molar-refractivity contribution in [1.82, 2.24) is 19.6 Å². The van der Waals surface area contributed by atoms with Crippen LogP contribution in [0.25, 0.3) is 5.65 Å². The number of hydrogen-bond donors (Lipinski definition) is 1. The van der Waals surface area contributed by atoms with Gasteiger partial charge in [0.2, 0.25) is 11.6 Å². The van der Waals surface area contributed by atoms with Gasteiger partial charge in [-0.3, -0.25) is 0 Å². The van der Waals surface area contributed by atoms with Gasteiger partial charge in [0, 0.05) is 0 Å². The van der Waals surface area contributed by atoms with E-state index >= 15 is 0 Å². The first-order valence-electron chi connectivity index (χ1n) is 4.44. The third-order valence-electron chi connectivity index (χ3n) is 1.80. The smallest absolute Gasteiger partial charge is 0.319 e. The summed E-state index contributed by atoms with van der Waals surface area (Å²) in [5.74, 6) is 0.685. The Bertz CT molecular complexity index is 481. The molecule has 0 saturated carbocycles. The zero-order valence-electron chi connectivity index (χ0n) is 8.47. The maximum absolute atomic E-state index is 5.50. The lowest BCUT2D eigenvalue weighted by molar-refractivity contribution is 0.331. The predicted molar refractivity (Wildman–Crippen MR) is 52.9 cm³/mol. The Balaban J connectivity index is 2.65. The predicted octanol–water partition coefficient (Wildman–Crippen LogP) is 0.114. The van der Waals surface area contributed by atoms with Crippen molar-refractivity contribution in [2.75, 3.05) is 19.5 Å². The van der Waals surface area contributed by atoms with E-state index in [0.717, 1.165) is 0 Å². The molecular formula is C8H11N5O2. The SMILES string of the molecule is CCOc1cnc(OC)n2nc(N)nc12. The van der Waals surface area contributed by atoms with Crippen molar-refractivity contribution in [3.63, 3.8) is 0 Å². The van der Waals surface area contributed by atoms with Gasteiger partial charge in [-0.05, 0) is 6.92 Å². The average molecular weight is 209 g/mol. The number of aromatic nitrogens is 4. The molecule has 0 aliphatic rings. The van der Waals surface area contributed by atoms with Crippen LogP contribution < -0.4 is 15.2 Å². The van der Waals surface area contributed by atoms with E-state index in [1.54, 1.807) is 0 Å². The fourth-order valence-corrected chi connectivity index (χ4v) is 1.24. The Kier molecular flexibility index (Phi) is 2.28. The number of ether oxygens (including phenoxy) is 2. The molecule has 80 valence electrons. The van der Waals surface area contributed by atoms with Crippen LogP contribution in [-0.4, -0.2) is 33.3 Å². The standard InChI is InChI=1S/C8H11N5O2/c1-3-15-5-4-10-8(14-2)13-6(5)11-7(9)12-13/h4H,3H2,1-2H3,(H2,9,12). The second-order valence-electron chi connectivity index (χ2n) is 2.75. The third-order valence-corrected chi connectivity index (χ3v) is 1.80. The molecule has 15 heavy (non-hydrogen) atoms. The zero-order valence-corrected chi connectivity index (χ0v) is 8.47. The van der Waals surface area contributed by atoms with Gasteiger partial charge in [-0.1, -0.05) is 0 Å². The van der Waals surface area contributed by atoms with Gasteiger partial charge in [0.15, 0.2) is 5.75 Å². The molecule has 0 fully saturated rings. The molecule has 0 aliphatic carbocycles. The molecule has 2 aromatic rings. The summed E-state index contributed by atoms with van der Waals surface area (Å²) in [6.45, 7) is 2.40. The van der Waals surface area contributed by atoms with E-state index in [9.17, 15) is 0 Å². The van der Waals surface area contributed by atoms with Crippen LogP contribution in [0.2, 0.25) is 0 Å². The Morgan fingerprint density at radius 2 is 2.33 bits per heavy atom. The maximum Gasteiger partial charge on any atom is 0.319 e. The summed E-state index contributed by atoms with van der Waals surface area (Å²) < 4.78 is 11.8. The normalized spacial score (nSPS) is 10.5. The number of methoxy groups -OCH3 is 1. The summed E-state index contributed by atoms with van der Waals surface area (Å²) in [4.78, 5) is 8.04. The zero-order chi connectivity index (χ0) is 10.8. The van der Waals surface area contributed by atoms with Crippen molar-refractivity contribution in [3.8, 4) is 11.8 Å². The minimum atomic E-state index is 0.155. The quantitative estimate of drug-likeness (QED) is 0.772. The lowest BCUT2D eigenvalue weighted by Crippen LogP contribution is -2.02. The van der Waals surface area contributed by atoms with Crippen molar-refractivity contribution in [2.24, 2.45) is 0 Å². The minimum Gasteiger partial charge on any atom is -0.488 e. The summed E-state index contributed by atoms with van der Waals surface area (Å²) >= 11 is 0. The molecule has 0 unspecified atom stereocenters. The van der Waals surface area contributed by atoms with Gasteiger partial charge in [0.05, 0.1) is 19.9 Å². The van der Waals surface area contributed by atoms with Gasteiger partial charge >= 0.3 is 6.01 Å². The van der Waals surface area contributed by atoms with E-state index in [1.165, 1.54) is 17.8 Å². The van der Waals surface area contributed by atoms with E-state index < -0.39 is 0 Å². The lowest BCUT2D eigenvalue weighted by atomic mass is 10.5. The molecule has 0 aliphatic heterocycles. The largest absolute Gasteiger partial charge is 0.488 e. The molecule has 0 atom stereocenters. The van der Waals surface area contributed by atoms with Gasteiger partial charge in [-0.25, -0.2) is 0 Å². The van der Waals surface area contributed by atoms with Crippen LogP contribution in [0, 0.1) is 0 Å². The molecular weight excluding hydrogens is 198 g/mol. The van der Waals surface area contributed by atoms with Gasteiger partial charge in [0.1, 0.15) is 0 Å². The summed E-state index contributed by atoms with van der Waals surface area (Å²) in [6.07, 6.45) is 1.53. The lowest BCUT2D eigenvalue weighted by Gasteiger charge is -2.05. The number of anilines is 1. The molecule has 2 aromatic heterocycles. The first-order chi connectivity index (χ1) is 7.26. The molecule has 0 bridgehead atoms. The van der Waals surface area contributed by atoms with Crippen LogP contribution in [0.3, 0.4) is 0 Å². The van der Waals surface area contributed by atoms with Gasteiger partial charge < -0.3 is 15.2 Å². The van der Waals surface area contributed by atoms with Crippen LogP contribution in [0.4, 0.5) is 5.95 Å². The number of rotatable bonds is 3. The van der Waals surface area contributed by atoms with E-state index in [-0.39, 0.29) is 5.95 Å². The van der Waals surface area contributed by atoms with Crippen molar-refractivity contribution < 1.29 is 9.47 Å². The van der Waals surface area contributed by atoms with Crippen molar-refractivity contribution in [3.05, 3.63) is 6.20 Å². The van der Waals surface area contributed by atoms with E-state index in [0.29, 0.717) is 24.0 Å². The highest BCUT2D eigenvalue weighted by atomic mass is 16.5. The molecule has 0 radical (unpaired) electrons. The number of fused-ring (bicyclic) bond motifs is 1. The van der Waals surface area contributed by atoms with Crippen LogP contribution in [0.15, 0.2) is 6.20 Å². The fourth-order valence-electron chi connectivity index (χ4n) is 1.24. The second-order valence-corrected chi connectivity index (χ2v) is 2.75. The Morgan fingerprint density at radius 3 is 3.00 bits per heavy atom. The summed E-state index contributed by atoms with van der Waals surface area (Å²) in [7, 11) is 1.50. The van der Waals surface area contributed by atoms with E-state index in [1.807, 2.05) is 6.92 Å². The van der Waals surface area contributed by atoms with Crippen LogP contribution >= 0.6 is 0 Å². The molecule has 7 heteroatoms. The van der Waals surface area contributed by atoms with Gasteiger partial charge in [-0.2, -0.15) is 14.5 Å². The molecule has 2 N–H and O–H groups in total. The van der Waals surface area contributed by atoms with Crippen molar-refractivity contribution in [2.45, 2.75) is 6.92 Å². The van der Waals surface area contributed by atoms with E-state index in [4.69, 9.17) is 15.2 Å². The summed E-state index contributed by atoms with van der Waals surface area (Å²) in [6, 6.07) is 0.317. The number of nitrogen functional groups attached to an aromatic ring is 1. The molecule has 7 nitrogen and oxygen atoms in total.